The van der Waals surface area contributed by atoms with Crippen molar-refractivity contribution in [1.82, 2.24) is 4.98 Å². The van der Waals surface area contributed by atoms with Crippen molar-refractivity contribution in [3.63, 3.8) is 0 Å². The second-order valence-electron chi connectivity index (χ2n) is 6.26. The van der Waals surface area contributed by atoms with E-state index in [4.69, 9.17) is 0 Å². The lowest BCUT2D eigenvalue weighted by Gasteiger charge is -2.18. The molecule has 0 unspecified atom stereocenters. The highest BCUT2D eigenvalue weighted by atomic mass is 19.4. The molecule has 0 saturated carbocycles. The molecule has 1 aromatic carbocycles. The van der Waals surface area contributed by atoms with Crippen LogP contribution in [0.5, 0.6) is 0 Å². The van der Waals surface area contributed by atoms with Gasteiger partial charge in [-0.2, -0.15) is 13.2 Å². The number of nitrogens with one attached hydrogen (secondary N) is 1. The van der Waals surface area contributed by atoms with Crippen LogP contribution in [0.25, 0.3) is 11.1 Å². The number of rotatable bonds is 6. The third-order valence-electron chi connectivity index (χ3n) is 3.96. The molecule has 0 radical (unpaired) electrons. The highest BCUT2D eigenvalue weighted by Gasteiger charge is 2.32. The number of ether oxygens (including phenoxy) is 2. The van der Waals surface area contributed by atoms with Crippen molar-refractivity contribution in [2.24, 2.45) is 0 Å². The summed E-state index contributed by atoms with van der Waals surface area (Å²) in [6, 6.07) is 7.26. The van der Waals surface area contributed by atoms with Gasteiger partial charge in [0.2, 0.25) is 0 Å². The molecule has 0 fully saturated rings. The molecule has 160 valence electrons. The predicted octanol–water partition coefficient (Wildman–Crippen LogP) is 3.48. The first-order chi connectivity index (χ1) is 14.1. The van der Waals surface area contributed by atoms with Crippen molar-refractivity contribution in [1.29, 1.82) is 0 Å². The number of methoxy groups -OCH3 is 2. The van der Waals surface area contributed by atoms with Gasteiger partial charge in [-0.1, -0.05) is 12.1 Å². The lowest BCUT2D eigenvalue weighted by atomic mass is 10.0. The molecular weight excluding hydrogens is 403 g/mol. The Hall–Kier alpha value is -3.56. The minimum Gasteiger partial charge on any atom is -0.466 e. The predicted molar refractivity (Wildman–Crippen MR) is 105 cm³/mol. The third-order valence-corrected chi connectivity index (χ3v) is 3.96. The SMILES string of the molecule is COC(=O)/C=C(/Nc1ccc(-c2cc(C(F)(F)F)cnc2N(C)C)cc1)C(=O)OC. The van der Waals surface area contributed by atoms with Gasteiger partial charge in [0.05, 0.1) is 25.9 Å². The summed E-state index contributed by atoms with van der Waals surface area (Å²) in [5.41, 5.74) is 0.163. The van der Waals surface area contributed by atoms with Crippen LogP contribution in [0.4, 0.5) is 24.7 Å². The van der Waals surface area contributed by atoms with Gasteiger partial charge in [-0.25, -0.2) is 14.6 Å². The maximum atomic E-state index is 13.1. The van der Waals surface area contributed by atoms with Crippen LogP contribution in [0.15, 0.2) is 48.3 Å². The second kappa shape index (κ2) is 9.29. The average Bonchev–Trinajstić information content (AvgIpc) is 2.71. The monoisotopic (exact) mass is 423 g/mol. The molecule has 0 spiro atoms. The number of carbonyl (C=O) groups is 2. The van der Waals surface area contributed by atoms with Crippen LogP contribution in [0.3, 0.4) is 0 Å². The van der Waals surface area contributed by atoms with E-state index in [1.165, 1.54) is 0 Å². The Kier molecular flexibility index (Phi) is 7.04. The maximum Gasteiger partial charge on any atom is 0.417 e. The Bertz CT molecular complexity index is 955. The first-order valence-corrected chi connectivity index (χ1v) is 8.56. The Morgan fingerprint density at radius 2 is 1.73 bits per heavy atom. The zero-order chi connectivity index (χ0) is 22.5. The number of esters is 2. The van der Waals surface area contributed by atoms with Gasteiger partial charge in [0.1, 0.15) is 11.5 Å². The molecule has 2 rings (SSSR count). The number of benzene rings is 1. The molecule has 2 aromatic rings. The van der Waals surface area contributed by atoms with Crippen LogP contribution in [-0.4, -0.2) is 45.2 Å². The first kappa shape index (κ1) is 22.7. The summed E-state index contributed by atoms with van der Waals surface area (Å²) in [6.45, 7) is 0. The van der Waals surface area contributed by atoms with E-state index in [-0.39, 0.29) is 5.70 Å². The Morgan fingerprint density at radius 3 is 2.23 bits per heavy atom. The van der Waals surface area contributed by atoms with Crippen molar-refractivity contribution >= 4 is 23.4 Å². The van der Waals surface area contributed by atoms with Gasteiger partial charge in [-0.05, 0) is 23.8 Å². The summed E-state index contributed by atoms with van der Waals surface area (Å²) in [6.07, 6.45) is -2.81. The van der Waals surface area contributed by atoms with E-state index < -0.39 is 23.7 Å². The molecule has 0 amide bonds. The molecule has 0 aliphatic heterocycles. The van der Waals surface area contributed by atoms with Gasteiger partial charge >= 0.3 is 18.1 Å². The van der Waals surface area contributed by atoms with E-state index >= 15 is 0 Å². The number of alkyl halides is 3. The minimum atomic E-state index is -4.53. The lowest BCUT2D eigenvalue weighted by molar-refractivity contribution is -0.138. The normalized spacial score (nSPS) is 11.6. The molecular formula is C20H20F3N3O4. The molecule has 7 nitrogen and oxygen atoms in total. The zero-order valence-electron chi connectivity index (χ0n) is 16.7. The lowest BCUT2D eigenvalue weighted by Crippen LogP contribution is -2.15. The third kappa shape index (κ3) is 5.49. The fourth-order valence-corrected chi connectivity index (χ4v) is 2.50. The van der Waals surface area contributed by atoms with Gasteiger partial charge in [0.15, 0.2) is 0 Å². The topological polar surface area (TPSA) is 80.8 Å². The van der Waals surface area contributed by atoms with Gasteiger partial charge in [0.25, 0.3) is 0 Å². The number of nitrogens with zero attached hydrogens (tertiary/aromatic N) is 2. The fraction of sp³-hybridized carbons (Fsp3) is 0.250. The number of carbonyl (C=O) groups excluding carboxylic acids is 2. The summed E-state index contributed by atoms with van der Waals surface area (Å²) in [5, 5.41) is 2.73. The summed E-state index contributed by atoms with van der Waals surface area (Å²) in [5.74, 6) is -1.18. The average molecular weight is 423 g/mol. The van der Waals surface area contributed by atoms with Gasteiger partial charge in [0, 0.05) is 31.5 Å². The Morgan fingerprint density at radius 1 is 1.10 bits per heavy atom. The second-order valence-corrected chi connectivity index (χ2v) is 6.26. The van der Waals surface area contributed by atoms with Crippen molar-refractivity contribution in [3.8, 4) is 11.1 Å². The van der Waals surface area contributed by atoms with E-state index in [2.05, 4.69) is 19.8 Å². The summed E-state index contributed by atoms with van der Waals surface area (Å²) < 4.78 is 48.5. The van der Waals surface area contributed by atoms with Crippen LogP contribution in [0.1, 0.15) is 5.56 Å². The van der Waals surface area contributed by atoms with Crippen molar-refractivity contribution < 1.29 is 32.2 Å². The molecule has 0 saturated heterocycles. The van der Waals surface area contributed by atoms with E-state index in [1.54, 1.807) is 43.3 Å². The Labute approximate surface area is 171 Å². The number of halogens is 3. The molecule has 1 N–H and O–H groups in total. The fourth-order valence-electron chi connectivity index (χ4n) is 2.50. The molecule has 1 heterocycles. The van der Waals surface area contributed by atoms with Crippen LogP contribution < -0.4 is 10.2 Å². The molecule has 0 bridgehead atoms. The standard InChI is InChI=1S/C20H20F3N3O4/c1-26(2)18-15(9-13(11-24-18)20(21,22)23)12-5-7-14(8-6-12)25-16(19(28)30-4)10-17(27)29-3/h5-11,25H,1-4H3/b16-10+. The maximum absolute atomic E-state index is 13.1. The van der Waals surface area contributed by atoms with Crippen LogP contribution in [-0.2, 0) is 25.2 Å². The van der Waals surface area contributed by atoms with Gasteiger partial charge in [-0.3, -0.25) is 0 Å². The molecule has 0 aliphatic rings. The van der Waals surface area contributed by atoms with E-state index in [9.17, 15) is 22.8 Å². The van der Waals surface area contributed by atoms with Crippen LogP contribution in [0.2, 0.25) is 0 Å². The van der Waals surface area contributed by atoms with Crippen molar-refractivity contribution in [3.05, 3.63) is 53.9 Å². The van der Waals surface area contributed by atoms with Crippen molar-refractivity contribution in [2.45, 2.75) is 6.18 Å². The number of aromatic nitrogens is 1. The quantitative estimate of drug-likeness (QED) is 0.563. The molecule has 1 aromatic heterocycles. The summed E-state index contributed by atoms with van der Waals surface area (Å²) in [4.78, 5) is 28.8. The molecule has 10 heteroatoms. The molecule has 0 atom stereocenters. The van der Waals surface area contributed by atoms with Gasteiger partial charge in [-0.15, -0.1) is 0 Å². The highest BCUT2D eigenvalue weighted by Crippen LogP contribution is 2.36. The minimum absolute atomic E-state index is 0.160. The summed E-state index contributed by atoms with van der Waals surface area (Å²) >= 11 is 0. The van der Waals surface area contributed by atoms with Gasteiger partial charge < -0.3 is 19.7 Å². The number of pyridine rings is 1. The zero-order valence-corrected chi connectivity index (χ0v) is 16.7. The molecule has 0 aliphatic carbocycles. The number of hydrogen-bond donors (Lipinski definition) is 1. The highest BCUT2D eigenvalue weighted by molar-refractivity contribution is 5.98. The van der Waals surface area contributed by atoms with Crippen LogP contribution in [0, 0.1) is 0 Å². The van der Waals surface area contributed by atoms with Crippen molar-refractivity contribution in [2.75, 3.05) is 38.5 Å². The van der Waals surface area contributed by atoms with E-state index in [0.717, 1.165) is 32.6 Å². The first-order valence-electron chi connectivity index (χ1n) is 8.56. The Balaban J connectivity index is 2.40. The smallest absolute Gasteiger partial charge is 0.417 e. The molecule has 30 heavy (non-hydrogen) atoms. The van der Waals surface area contributed by atoms with Crippen LogP contribution >= 0.6 is 0 Å². The summed E-state index contributed by atoms with van der Waals surface area (Å²) in [7, 11) is 5.67. The largest absolute Gasteiger partial charge is 0.466 e. The van der Waals surface area contributed by atoms with E-state index in [0.29, 0.717) is 22.6 Å². The number of anilines is 2. The number of hydrogen-bond acceptors (Lipinski definition) is 7. The van der Waals surface area contributed by atoms with E-state index in [1.807, 2.05) is 0 Å².